The second-order valence-electron chi connectivity index (χ2n) is 18.3. The fourth-order valence-corrected chi connectivity index (χ4v) is 6.48. The van der Waals surface area contributed by atoms with Gasteiger partial charge in [0.05, 0.1) is 42.1 Å². The summed E-state index contributed by atoms with van der Waals surface area (Å²) < 4.78 is 3.81. The quantitative estimate of drug-likeness (QED) is 0.0553. The molecule has 9 heterocycles. The van der Waals surface area contributed by atoms with Crippen LogP contribution in [0.3, 0.4) is 0 Å². The molecule has 2 aliphatic rings. The van der Waals surface area contributed by atoms with E-state index in [2.05, 4.69) is 73.1 Å². The van der Waals surface area contributed by atoms with E-state index in [1.165, 1.54) is 22.3 Å². The van der Waals surface area contributed by atoms with Crippen LogP contribution >= 0.6 is 0 Å². The molecule has 0 aromatic carbocycles. The molecular formula is C63H97N23. The third kappa shape index (κ3) is 42.5. The average Bonchev–Trinajstić information content (AvgIpc) is 4.49. The van der Waals surface area contributed by atoms with Gasteiger partial charge in [-0.25, -0.2) is 9.97 Å². The molecule has 0 bridgehead atoms. The van der Waals surface area contributed by atoms with Crippen molar-refractivity contribution < 1.29 is 0 Å². The smallest absolute Gasteiger partial charge is 0.0956 e. The summed E-state index contributed by atoms with van der Waals surface area (Å²) >= 11 is 0. The highest BCUT2D eigenvalue weighted by molar-refractivity contribution is 5.64. The van der Waals surface area contributed by atoms with Gasteiger partial charge in [-0.1, -0.05) is 35.9 Å². The van der Waals surface area contributed by atoms with Gasteiger partial charge in [-0.05, 0) is 156 Å². The lowest BCUT2D eigenvalue weighted by Gasteiger charge is -1.96. The van der Waals surface area contributed by atoms with Crippen LogP contribution in [0.25, 0.3) is 0 Å². The van der Waals surface area contributed by atoms with E-state index in [-0.39, 0.29) is 0 Å². The van der Waals surface area contributed by atoms with Gasteiger partial charge < -0.3 is 66.5 Å². The van der Waals surface area contributed by atoms with Crippen LogP contribution in [0.1, 0.15) is 77.1 Å². The minimum Gasteiger partial charge on any atom is -0.337 e. The van der Waals surface area contributed by atoms with Crippen LogP contribution < -0.4 is 57.3 Å². The number of allylic oxidation sites excluding steroid dienone is 4. The van der Waals surface area contributed by atoms with Crippen LogP contribution in [-0.2, 0) is 52.0 Å². The molecule has 0 spiro atoms. The monoisotopic (exact) mass is 1180 g/mol. The summed E-state index contributed by atoms with van der Waals surface area (Å²) in [4.78, 5) is 43.6. The summed E-state index contributed by atoms with van der Waals surface area (Å²) in [6.07, 6.45) is 51.0. The molecule has 20 N–H and O–H groups in total. The third-order valence-corrected chi connectivity index (χ3v) is 11.2. The first kappa shape index (κ1) is 75.7. The first-order chi connectivity index (χ1) is 42.1. The van der Waals surface area contributed by atoms with Gasteiger partial charge in [0.1, 0.15) is 0 Å². The molecule has 0 atom stereocenters. The van der Waals surface area contributed by atoms with Crippen LogP contribution in [0.2, 0.25) is 0 Å². The normalized spacial score (nSPS) is 10.9. The zero-order valence-corrected chi connectivity index (χ0v) is 50.6. The van der Waals surface area contributed by atoms with E-state index in [0.717, 1.165) is 111 Å². The molecule has 10 rings (SSSR count). The van der Waals surface area contributed by atoms with E-state index in [1.54, 1.807) is 85.4 Å². The second kappa shape index (κ2) is 54.6. The molecule has 0 saturated heterocycles. The lowest BCUT2D eigenvalue weighted by Crippen LogP contribution is -2.04. The number of aromatic nitrogens is 12. The van der Waals surface area contributed by atoms with E-state index < -0.39 is 0 Å². The Morgan fingerprint density at radius 3 is 1.37 bits per heavy atom. The summed E-state index contributed by atoms with van der Waals surface area (Å²) in [5.74, 6) is 0. The fraction of sp³-hybridized carbons (Fsp3) is 0.349. The first-order valence-corrected chi connectivity index (χ1v) is 28.7. The molecule has 1 aliphatic heterocycles. The zero-order chi connectivity index (χ0) is 62.8. The standard InChI is InChI=1S/C8H12N2.C7H11N3.2C7H10N2.C6H9N3.C6H11N3.C6H8N2.C6H10N2.C6H9N.C4H7N3/c9-5-1-2-8-3-6-10-7-4-8;1-6-4-10-7(2-3-8)5-9-6;8-4-1-7-2-5-9-6-3-7;8-4-3-7-2-1-5-9-6-7;1-5-3-9-6(2-7)4-8-5;7-2-1-4-9-5-3-8-6-9;7-5-6-1-3-8-4-2-6;7-4-3-6-2-1-5-8-6;7-5-6-3-1-2-4-6;5-3-7-2-1-6-4-7/h3-4,6-7H,1-2,5,9H2;4-5H,2-3,8H2,1H3;2-3,5-6H,1,4,8H2;1-2,5-6H,3-4,8H2;3-4H,2,7H2,1H3;3,5-6H,1-2,4,7H2;1-4H,5,7H2;2,5H,1,3-4,7H2;1-3H,4-5,7H2;1-2,4H,3,5H2. The van der Waals surface area contributed by atoms with Crippen molar-refractivity contribution in [1.29, 1.82) is 0 Å². The summed E-state index contributed by atoms with van der Waals surface area (Å²) in [6.45, 7) is 11.4. The van der Waals surface area contributed by atoms with Crippen molar-refractivity contribution >= 4 is 6.21 Å². The van der Waals surface area contributed by atoms with Crippen molar-refractivity contribution in [3.8, 4) is 0 Å². The molecule has 8 aromatic rings. The number of hydrogen-bond donors (Lipinski definition) is 10. The molecule has 0 saturated carbocycles. The number of aliphatic imine (C=N–C) groups is 1. The van der Waals surface area contributed by atoms with Gasteiger partial charge in [0.2, 0.25) is 0 Å². The van der Waals surface area contributed by atoms with E-state index in [0.29, 0.717) is 52.5 Å². The van der Waals surface area contributed by atoms with Crippen LogP contribution in [0.4, 0.5) is 0 Å². The van der Waals surface area contributed by atoms with Crippen LogP contribution in [-0.4, -0.2) is 111 Å². The Balaban J connectivity index is 0.000000479. The minimum absolute atomic E-state index is 0.466. The number of aryl methyl sites for hydroxylation is 4. The van der Waals surface area contributed by atoms with Crippen molar-refractivity contribution in [1.82, 2.24) is 59.0 Å². The molecule has 86 heavy (non-hydrogen) atoms. The van der Waals surface area contributed by atoms with E-state index in [9.17, 15) is 0 Å². The van der Waals surface area contributed by atoms with E-state index in [4.69, 9.17) is 57.3 Å². The van der Waals surface area contributed by atoms with Crippen LogP contribution in [0, 0.1) is 13.8 Å². The first-order valence-electron chi connectivity index (χ1n) is 28.7. The Kier molecular flexibility index (Phi) is 48.0. The zero-order valence-electron chi connectivity index (χ0n) is 50.6. The van der Waals surface area contributed by atoms with Gasteiger partial charge in [0.15, 0.2) is 0 Å². The maximum Gasteiger partial charge on any atom is 0.0956 e. The summed E-state index contributed by atoms with van der Waals surface area (Å²) in [7, 11) is 0. The third-order valence-electron chi connectivity index (χ3n) is 11.2. The maximum absolute atomic E-state index is 5.36. The lowest BCUT2D eigenvalue weighted by atomic mass is 10.1. The highest BCUT2D eigenvalue weighted by atomic mass is 15.1. The molecular weight excluding hydrogens is 1080 g/mol. The van der Waals surface area contributed by atoms with Crippen molar-refractivity contribution in [2.75, 3.05) is 45.8 Å². The van der Waals surface area contributed by atoms with Crippen LogP contribution in [0.5, 0.6) is 0 Å². The number of nitrogens with zero attached hydrogens (tertiary/aromatic N) is 13. The van der Waals surface area contributed by atoms with Gasteiger partial charge in [-0.15, -0.1) is 0 Å². The highest BCUT2D eigenvalue weighted by Crippen LogP contribution is 2.08. The summed E-state index contributed by atoms with van der Waals surface area (Å²) in [6, 6.07) is 15.8. The van der Waals surface area contributed by atoms with Crippen LogP contribution in [0.15, 0.2) is 201 Å². The molecule has 0 radical (unpaired) electrons. The molecule has 0 fully saturated rings. The van der Waals surface area contributed by atoms with Crippen molar-refractivity contribution in [3.05, 3.63) is 241 Å². The molecule has 23 heteroatoms. The number of nitrogens with two attached hydrogens (primary N) is 10. The number of rotatable bonds is 18. The molecule has 8 aromatic heterocycles. The predicted octanol–water partition coefficient (Wildman–Crippen LogP) is 4.76. The Hall–Kier alpha value is -8.33. The SMILES string of the molecule is Cc1cnc(CCN)cn1.Cc1cnc(CN)cn1.NCC1=CC=CC1.NCCC1=CCC=N1.NCCCc1ccncc1.NCCCn1ccnc1.NCCc1cccnc1.NCCc1ccncc1.NCc1ccncc1.NCn1ccnc1. The molecule has 464 valence electrons. The number of pyridine rings is 4. The van der Waals surface area contributed by atoms with Gasteiger partial charge in [-0.3, -0.25) is 44.9 Å². The molecule has 23 nitrogen and oxygen atoms in total. The average molecular weight is 1180 g/mol. The van der Waals surface area contributed by atoms with Crippen molar-refractivity contribution in [3.63, 3.8) is 0 Å². The molecule has 0 unspecified atom stereocenters. The Morgan fingerprint density at radius 2 is 0.988 bits per heavy atom. The van der Waals surface area contributed by atoms with Gasteiger partial charge in [0, 0.05) is 157 Å². The number of imidazole rings is 2. The van der Waals surface area contributed by atoms with Gasteiger partial charge >= 0.3 is 0 Å². The Bertz CT molecular complexity index is 2780. The largest absolute Gasteiger partial charge is 0.337 e. The van der Waals surface area contributed by atoms with E-state index >= 15 is 0 Å². The Morgan fingerprint density at radius 1 is 0.442 bits per heavy atom. The maximum atomic E-state index is 5.36. The van der Waals surface area contributed by atoms with Crippen molar-refractivity contribution in [2.24, 2.45) is 62.3 Å². The molecule has 1 aliphatic carbocycles. The summed E-state index contributed by atoms with van der Waals surface area (Å²) in [5, 5.41) is 0. The van der Waals surface area contributed by atoms with Gasteiger partial charge in [0.25, 0.3) is 0 Å². The number of hydrogen-bond acceptors (Lipinski definition) is 21. The predicted molar refractivity (Wildman–Crippen MR) is 350 cm³/mol. The highest BCUT2D eigenvalue weighted by Gasteiger charge is 1.96. The lowest BCUT2D eigenvalue weighted by molar-refractivity contribution is 0.650. The Labute approximate surface area is 510 Å². The topological polar surface area (TPSA) is 411 Å². The minimum atomic E-state index is 0.466. The van der Waals surface area contributed by atoms with Crippen molar-refractivity contribution in [2.45, 2.75) is 97.9 Å². The summed E-state index contributed by atoms with van der Waals surface area (Å²) in [5.41, 5.74) is 64.2. The van der Waals surface area contributed by atoms with E-state index in [1.807, 2.05) is 110 Å². The van der Waals surface area contributed by atoms with Gasteiger partial charge in [-0.2, -0.15) is 0 Å². The molecule has 0 amide bonds. The fourth-order valence-electron chi connectivity index (χ4n) is 6.48. The second-order valence-corrected chi connectivity index (χ2v) is 18.3.